The van der Waals surface area contributed by atoms with E-state index in [1.807, 2.05) is 28.5 Å². The molecule has 5 saturated heterocycles. The van der Waals surface area contributed by atoms with Gasteiger partial charge in [-0.25, -0.2) is 4.79 Å². The van der Waals surface area contributed by atoms with Gasteiger partial charge in [-0.15, -0.1) is 0 Å². The number of aliphatic hydroxyl groups is 1. The minimum atomic E-state index is -0.967. The highest BCUT2D eigenvalue weighted by atomic mass is 33.1. The fraction of sp³-hybridized carbons (Fsp3) is 0.829. The number of allylic oxidation sites excluding steroid dienone is 1. The zero-order chi connectivity index (χ0) is 37.9. The van der Waals surface area contributed by atoms with Crippen LogP contribution >= 0.6 is 21.6 Å². The fourth-order valence-electron chi connectivity index (χ4n) is 12.2. The number of hydrogen-bond acceptors (Lipinski definition) is 12. The fourth-order valence-corrected chi connectivity index (χ4v) is 15.3. The molecular weight excluding hydrogens is 725 g/mol. The molecule has 0 aromatic rings. The number of amides is 1. The number of rotatable bonds is 6. The number of nitrogens with two attached hydrogens (primary N) is 1. The van der Waals surface area contributed by atoms with Gasteiger partial charge in [-0.3, -0.25) is 9.59 Å². The van der Waals surface area contributed by atoms with Crippen LogP contribution in [0.1, 0.15) is 91.4 Å². The van der Waals surface area contributed by atoms with Crippen LogP contribution in [0.2, 0.25) is 0 Å². The standard InChI is InChI=1S/C41H62N4O7S2/c1-5-22(2)38(48)52-40(3)11-10-24-21-53-54-33-9-8-30(43-4)29-20-45(37(29)33)35(47)15-27-19-44-34(42)16-28(27)36(24)41(40)18-26-14-25-13-23(7-6-12-46)39(49)50-31(25)17-32(26)51-41/h5,10,23,25-34,36-37,43-44,46H,6-9,11-21,42H2,1-4H3/t23?,25?,26?,27?,28?,29-,30-,31?,32?,33-,34?,36-,37-,40-,41-/m0/s1. The van der Waals surface area contributed by atoms with E-state index in [9.17, 15) is 19.5 Å². The van der Waals surface area contributed by atoms with Crippen LogP contribution < -0.4 is 16.4 Å². The summed E-state index contributed by atoms with van der Waals surface area (Å²) in [5, 5.41) is 17.0. The predicted molar refractivity (Wildman–Crippen MR) is 210 cm³/mol. The molecule has 5 aliphatic heterocycles. The van der Waals surface area contributed by atoms with Gasteiger partial charge in [-0.2, -0.15) is 0 Å². The summed E-state index contributed by atoms with van der Waals surface area (Å²) in [7, 11) is 5.94. The topological polar surface area (TPSA) is 152 Å². The molecule has 5 heterocycles. The molecule has 13 heteroatoms. The number of aliphatic hydroxyl groups excluding tert-OH is 1. The molecule has 7 fully saturated rings. The number of nitrogens with one attached hydrogen (secondary N) is 2. The van der Waals surface area contributed by atoms with Crippen LogP contribution in [0.15, 0.2) is 23.3 Å². The number of hydrogen-bond donors (Lipinski definition) is 4. The van der Waals surface area contributed by atoms with Gasteiger partial charge in [0.2, 0.25) is 5.91 Å². The van der Waals surface area contributed by atoms with Crippen molar-refractivity contribution in [2.24, 2.45) is 47.2 Å². The summed E-state index contributed by atoms with van der Waals surface area (Å²) >= 11 is 0. The molecule has 8 rings (SSSR count). The van der Waals surface area contributed by atoms with Crippen molar-refractivity contribution in [3.05, 3.63) is 23.3 Å². The van der Waals surface area contributed by atoms with Crippen molar-refractivity contribution < 1.29 is 33.7 Å². The largest absolute Gasteiger partial charge is 0.462 e. The molecule has 3 aliphatic carbocycles. The van der Waals surface area contributed by atoms with Crippen LogP contribution in [0, 0.1) is 41.4 Å². The van der Waals surface area contributed by atoms with Gasteiger partial charge in [0.25, 0.3) is 0 Å². The quantitative estimate of drug-likeness (QED) is 0.131. The number of carbonyl (C=O) groups is 3. The molecule has 8 aliphatic rings. The Balaban J connectivity index is 1.17. The molecule has 1 spiro atoms. The second-order valence-corrected chi connectivity index (χ2v) is 20.6. The minimum absolute atomic E-state index is 0.0371. The Bertz CT molecular complexity index is 1530. The van der Waals surface area contributed by atoms with E-state index >= 15 is 0 Å². The van der Waals surface area contributed by atoms with Crippen LogP contribution in [-0.2, 0) is 28.6 Å². The maximum absolute atomic E-state index is 14.4. The Labute approximate surface area is 328 Å². The molecular formula is C41H62N4O7S2. The Morgan fingerprint density at radius 2 is 2.00 bits per heavy atom. The van der Waals surface area contributed by atoms with Crippen molar-refractivity contribution >= 4 is 39.4 Å². The third-order valence-corrected chi connectivity index (χ3v) is 18.0. The van der Waals surface area contributed by atoms with Crippen molar-refractivity contribution in [2.45, 2.75) is 138 Å². The molecule has 2 saturated carbocycles. The smallest absolute Gasteiger partial charge is 0.334 e. The second-order valence-electron chi connectivity index (χ2n) is 18.0. The van der Waals surface area contributed by atoms with Gasteiger partial charge in [0.15, 0.2) is 0 Å². The predicted octanol–water partition coefficient (Wildman–Crippen LogP) is 4.33. The highest BCUT2D eigenvalue weighted by Gasteiger charge is 2.68. The lowest BCUT2D eigenvalue weighted by atomic mass is 9.56. The maximum Gasteiger partial charge on any atom is 0.334 e. The molecule has 11 nitrogen and oxygen atoms in total. The average Bonchev–Trinajstić information content (AvgIpc) is 3.51. The summed E-state index contributed by atoms with van der Waals surface area (Å²) in [5.41, 5.74) is 6.86. The van der Waals surface area contributed by atoms with Crippen molar-refractivity contribution in [2.75, 3.05) is 32.5 Å². The summed E-state index contributed by atoms with van der Waals surface area (Å²) in [6.07, 6.45) is 11.7. The van der Waals surface area contributed by atoms with E-state index in [0.29, 0.717) is 67.9 Å². The first-order valence-corrected chi connectivity index (χ1v) is 23.2. The summed E-state index contributed by atoms with van der Waals surface area (Å²) in [5.74, 6) is 1.32. The molecule has 0 aromatic carbocycles. The molecule has 300 valence electrons. The highest BCUT2D eigenvalue weighted by Crippen LogP contribution is 2.62. The minimum Gasteiger partial charge on any atom is -0.462 e. The number of fused-ring (bicyclic) bond motifs is 6. The first-order chi connectivity index (χ1) is 26.0. The van der Waals surface area contributed by atoms with Crippen molar-refractivity contribution in [3.63, 3.8) is 0 Å². The van der Waals surface area contributed by atoms with Crippen LogP contribution in [0.5, 0.6) is 0 Å². The Morgan fingerprint density at radius 3 is 2.78 bits per heavy atom. The van der Waals surface area contributed by atoms with E-state index in [2.05, 4.69) is 35.6 Å². The Kier molecular flexibility index (Phi) is 11.3. The summed E-state index contributed by atoms with van der Waals surface area (Å²) in [6, 6.07) is 0.717. The SMILES string of the molecule is CC=C(C)C(=O)O[C@@]1(C)CC=C2CSS[C@H]3CC[C@H](NC)[C@@H]4CN(C(=O)CC5CNC(N)CC5[C@H]2[C@@]12CC1CC5CC(CCCO)C(=O)OC5CC1O2)[C@@H]43. The van der Waals surface area contributed by atoms with Crippen molar-refractivity contribution in [3.8, 4) is 0 Å². The van der Waals surface area contributed by atoms with Gasteiger partial charge in [0.1, 0.15) is 17.3 Å². The lowest BCUT2D eigenvalue weighted by Crippen LogP contribution is -2.70. The van der Waals surface area contributed by atoms with E-state index in [4.69, 9.17) is 19.9 Å². The van der Waals surface area contributed by atoms with Gasteiger partial charge in [-0.05, 0) is 103 Å². The van der Waals surface area contributed by atoms with Gasteiger partial charge in [0.05, 0.1) is 24.2 Å². The first kappa shape index (κ1) is 39.2. The zero-order valence-corrected chi connectivity index (χ0v) is 34.1. The van der Waals surface area contributed by atoms with Gasteiger partial charge in [-0.1, -0.05) is 39.3 Å². The monoisotopic (exact) mass is 786 g/mol. The number of carbonyl (C=O) groups excluding carboxylic acids is 3. The number of piperidine rings is 1. The summed E-state index contributed by atoms with van der Waals surface area (Å²) in [4.78, 5) is 43.5. The Hall–Kier alpha value is -1.61. The summed E-state index contributed by atoms with van der Waals surface area (Å²) in [6.45, 7) is 7.29. The van der Waals surface area contributed by atoms with E-state index < -0.39 is 11.2 Å². The third kappa shape index (κ3) is 6.81. The van der Waals surface area contributed by atoms with Gasteiger partial charge in [0, 0.05) is 73.4 Å². The van der Waals surface area contributed by atoms with Crippen molar-refractivity contribution in [1.82, 2.24) is 15.5 Å². The van der Waals surface area contributed by atoms with E-state index in [1.165, 1.54) is 5.57 Å². The number of ether oxygens (including phenoxy) is 3. The molecule has 0 aromatic heterocycles. The lowest BCUT2D eigenvalue weighted by molar-refractivity contribution is -0.229. The van der Waals surface area contributed by atoms with Gasteiger partial charge < -0.3 is 40.6 Å². The Morgan fingerprint density at radius 1 is 1.17 bits per heavy atom. The molecule has 1 amide bonds. The average molecular weight is 787 g/mol. The lowest BCUT2D eigenvalue weighted by Gasteiger charge is -2.59. The normalized spacial score (nSPS) is 46.3. The second kappa shape index (κ2) is 15.6. The molecule has 15 atom stereocenters. The molecule has 8 unspecified atom stereocenters. The molecule has 0 bridgehead atoms. The van der Waals surface area contributed by atoms with Gasteiger partial charge >= 0.3 is 11.9 Å². The molecule has 54 heavy (non-hydrogen) atoms. The highest BCUT2D eigenvalue weighted by molar-refractivity contribution is 8.77. The first-order valence-electron chi connectivity index (χ1n) is 20.8. The summed E-state index contributed by atoms with van der Waals surface area (Å²) < 4.78 is 20.5. The van der Waals surface area contributed by atoms with Crippen LogP contribution in [0.3, 0.4) is 0 Å². The number of nitrogens with zero attached hydrogens (tertiary/aromatic N) is 1. The molecule has 0 radical (unpaired) electrons. The van der Waals surface area contributed by atoms with Crippen molar-refractivity contribution in [1.29, 1.82) is 0 Å². The zero-order valence-electron chi connectivity index (χ0n) is 32.5. The van der Waals surface area contributed by atoms with E-state index in [0.717, 1.165) is 44.4 Å². The number of esters is 2. The van der Waals surface area contributed by atoms with Crippen LogP contribution in [0.25, 0.3) is 0 Å². The maximum atomic E-state index is 14.4. The van der Waals surface area contributed by atoms with E-state index in [-0.39, 0.29) is 84.4 Å². The van der Waals surface area contributed by atoms with Crippen LogP contribution in [0.4, 0.5) is 0 Å². The van der Waals surface area contributed by atoms with E-state index in [1.54, 1.807) is 13.0 Å². The van der Waals surface area contributed by atoms with Crippen LogP contribution in [-0.4, -0.2) is 107 Å². The molecule has 5 N–H and O–H groups in total. The third-order valence-electron chi connectivity index (χ3n) is 15.2.